The van der Waals surface area contributed by atoms with Crippen LogP contribution in [-0.2, 0) is 9.59 Å². The van der Waals surface area contributed by atoms with E-state index < -0.39 is 5.97 Å². The molecule has 118 valence electrons. The number of carboxylic acid groups (broad SMARTS) is 1. The topological polar surface area (TPSA) is 63.6 Å². The summed E-state index contributed by atoms with van der Waals surface area (Å²) in [7, 11) is 0. The van der Waals surface area contributed by atoms with E-state index in [1.807, 2.05) is 0 Å². The number of esters is 1. The molecule has 4 heteroatoms. The zero-order valence-corrected chi connectivity index (χ0v) is 12.8. The Morgan fingerprint density at radius 1 is 1.18 bits per heavy atom. The second-order valence-electron chi connectivity index (χ2n) is 5.79. The van der Waals surface area contributed by atoms with E-state index in [0.29, 0.717) is 5.75 Å². The van der Waals surface area contributed by atoms with Crippen molar-refractivity contribution in [2.75, 3.05) is 0 Å². The average Bonchev–Trinajstić information content (AvgIpc) is 2.54. The molecule has 1 aliphatic carbocycles. The molecule has 0 saturated heterocycles. The van der Waals surface area contributed by atoms with E-state index in [9.17, 15) is 9.59 Å². The lowest BCUT2D eigenvalue weighted by Crippen LogP contribution is -2.25. The van der Waals surface area contributed by atoms with Gasteiger partial charge in [-0.15, -0.1) is 0 Å². The summed E-state index contributed by atoms with van der Waals surface area (Å²) in [5.74, 6) is 0.135. The van der Waals surface area contributed by atoms with Crippen molar-refractivity contribution in [2.24, 2.45) is 11.8 Å². The Balaban J connectivity index is 1.88. The molecule has 1 aromatic carbocycles. The highest BCUT2D eigenvalue weighted by atomic mass is 16.5. The first-order chi connectivity index (χ1) is 10.6. The molecular formula is C18H22O4. The third-order valence-corrected chi connectivity index (χ3v) is 4.27. The van der Waals surface area contributed by atoms with Gasteiger partial charge in [-0.2, -0.15) is 0 Å². The van der Waals surface area contributed by atoms with E-state index in [-0.39, 0.29) is 11.9 Å². The summed E-state index contributed by atoms with van der Waals surface area (Å²) in [5, 5.41) is 8.57. The number of rotatable bonds is 5. The SMILES string of the molecule is CCC1CCC(C(=O)Oc2ccc(C=CC(=O)O)cc2)CC1. The Hall–Kier alpha value is -2.10. The minimum absolute atomic E-state index is 0.00869. The molecule has 0 amide bonds. The van der Waals surface area contributed by atoms with Crippen molar-refractivity contribution in [1.82, 2.24) is 0 Å². The molecule has 0 unspecified atom stereocenters. The second-order valence-corrected chi connectivity index (χ2v) is 5.79. The van der Waals surface area contributed by atoms with Crippen molar-refractivity contribution in [2.45, 2.75) is 39.0 Å². The lowest BCUT2D eigenvalue weighted by Gasteiger charge is -2.26. The van der Waals surface area contributed by atoms with Crippen LogP contribution in [0.3, 0.4) is 0 Å². The predicted molar refractivity (Wildman–Crippen MR) is 84.5 cm³/mol. The summed E-state index contributed by atoms with van der Waals surface area (Å²) in [6.45, 7) is 2.20. The van der Waals surface area contributed by atoms with Crippen molar-refractivity contribution in [1.29, 1.82) is 0 Å². The molecular weight excluding hydrogens is 280 g/mol. The Labute approximate surface area is 130 Å². The maximum Gasteiger partial charge on any atom is 0.328 e. The highest BCUT2D eigenvalue weighted by Crippen LogP contribution is 2.31. The fraction of sp³-hybridized carbons (Fsp3) is 0.444. The van der Waals surface area contributed by atoms with Crippen molar-refractivity contribution >= 4 is 18.0 Å². The van der Waals surface area contributed by atoms with Crippen molar-refractivity contribution in [3.63, 3.8) is 0 Å². The quantitative estimate of drug-likeness (QED) is 0.509. The lowest BCUT2D eigenvalue weighted by atomic mass is 9.81. The van der Waals surface area contributed by atoms with Crippen molar-refractivity contribution in [3.8, 4) is 5.75 Å². The summed E-state index contributed by atoms with van der Waals surface area (Å²) < 4.78 is 5.42. The van der Waals surface area contributed by atoms with Gasteiger partial charge in [0.2, 0.25) is 0 Å². The molecule has 0 aromatic heterocycles. The van der Waals surface area contributed by atoms with E-state index in [1.165, 1.54) is 12.5 Å². The van der Waals surface area contributed by atoms with Gasteiger partial charge >= 0.3 is 11.9 Å². The number of carbonyl (C=O) groups is 2. The van der Waals surface area contributed by atoms with Crippen LogP contribution in [0.1, 0.15) is 44.6 Å². The first kappa shape index (κ1) is 16.3. The summed E-state index contributed by atoms with van der Waals surface area (Å²) in [6, 6.07) is 6.85. The molecule has 0 spiro atoms. The fourth-order valence-electron chi connectivity index (χ4n) is 2.82. The number of carboxylic acids is 1. The molecule has 1 saturated carbocycles. The molecule has 22 heavy (non-hydrogen) atoms. The maximum atomic E-state index is 12.1. The number of hydrogen-bond acceptors (Lipinski definition) is 3. The fourth-order valence-corrected chi connectivity index (χ4v) is 2.82. The molecule has 0 heterocycles. The van der Waals surface area contributed by atoms with E-state index in [4.69, 9.17) is 9.84 Å². The average molecular weight is 302 g/mol. The Kier molecular flexibility index (Phi) is 5.75. The van der Waals surface area contributed by atoms with Gasteiger partial charge in [-0.1, -0.05) is 25.5 Å². The zero-order chi connectivity index (χ0) is 15.9. The number of aliphatic carboxylic acids is 1. The van der Waals surface area contributed by atoms with Crippen LogP contribution < -0.4 is 4.74 Å². The first-order valence-electron chi connectivity index (χ1n) is 7.81. The van der Waals surface area contributed by atoms with E-state index in [0.717, 1.165) is 43.2 Å². The molecule has 0 radical (unpaired) electrons. The molecule has 2 rings (SSSR count). The van der Waals surface area contributed by atoms with Crippen LogP contribution in [0.5, 0.6) is 5.75 Å². The number of hydrogen-bond donors (Lipinski definition) is 1. The van der Waals surface area contributed by atoms with E-state index in [1.54, 1.807) is 24.3 Å². The minimum Gasteiger partial charge on any atom is -0.478 e. The van der Waals surface area contributed by atoms with Crippen LogP contribution in [0.4, 0.5) is 0 Å². The number of carbonyl (C=O) groups excluding carboxylic acids is 1. The Bertz CT molecular complexity index is 537. The summed E-state index contributed by atoms with van der Waals surface area (Å²) >= 11 is 0. The van der Waals surface area contributed by atoms with E-state index >= 15 is 0 Å². The summed E-state index contributed by atoms with van der Waals surface area (Å²) in [4.78, 5) is 22.6. The Morgan fingerprint density at radius 3 is 2.36 bits per heavy atom. The highest BCUT2D eigenvalue weighted by Gasteiger charge is 2.26. The smallest absolute Gasteiger partial charge is 0.328 e. The van der Waals surface area contributed by atoms with Crippen LogP contribution in [0.25, 0.3) is 6.08 Å². The van der Waals surface area contributed by atoms with Crippen molar-refractivity contribution < 1.29 is 19.4 Å². The molecule has 4 nitrogen and oxygen atoms in total. The largest absolute Gasteiger partial charge is 0.478 e. The van der Waals surface area contributed by atoms with Gasteiger partial charge in [0.25, 0.3) is 0 Å². The van der Waals surface area contributed by atoms with Gasteiger partial charge in [-0.05, 0) is 55.4 Å². The van der Waals surface area contributed by atoms with E-state index in [2.05, 4.69) is 6.92 Å². The maximum absolute atomic E-state index is 12.1. The van der Waals surface area contributed by atoms with Gasteiger partial charge in [0.15, 0.2) is 0 Å². The third-order valence-electron chi connectivity index (χ3n) is 4.27. The highest BCUT2D eigenvalue weighted by molar-refractivity contribution is 5.85. The van der Waals surface area contributed by atoms with Gasteiger partial charge in [0.1, 0.15) is 5.75 Å². The van der Waals surface area contributed by atoms with Gasteiger partial charge in [-0.3, -0.25) is 4.79 Å². The summed E-state index contributed by atoms with van der Waals surface area (Å²) in [6.07, 6.45) is 7.80. The van der Waals surface area contributed by atoms with Gasteiger partial charge in [0, 0.05) is 6.08 Å². The normalized spacial score (nSPS) is 21.7. The van der Waals surface area contributed by atoms with Crippen LogP contribution in [0, 0.1) is 11.8 Å². The lowest BCUT2D eigenvalue weighted by molar-refractivity contribution is -0.140. The zero-order valence-electron chi connectivity index (χ0n) is 12.8. The Morgan fingerprint density at radius 2 is 1.82 bits per heavy atom. The van der Waals surface area contributed by atoms with Crippen LogP contribution in [0.2, 0.25) is 0 Å². The summed E-state index contributed by atoms with van der Waals surface area (Å²) in [5.41, 5.74) is 0.755. The molecule has 0 atom stereocenters. The molecule has 1 fully saturated rings. The van der Waals surface area contributed by atoms with Gasteiger partial charge in [0.05, 0.1) is 5.92 Å². The second kappa shape index (κ2) is 7.78. The van der Waals surface area contributed by atoms with Crippen LogP contribution in [0.15, 0.2) is 30.3 Å². The predicted octanol–water partition coefficient (Wildman–Crippen LogP) is 3.91. The molecule has 1 N–H and O–H groups in total. The molecule has 1 aromatic rings. The van der Waals surface area contributed by atoms with Gasteiger partial charge in [-0.25, -0.2) is 4.79 Å². The van der Waals surface area contributed by atoms with Crippen molar-refractivity contribution in [3.05, 3.63) is 35.9 Å². The number of ether oxygens (including phenoxy) is 1. The van der Waals surface area contributed by atoms with Crippen LogP contribution in [-0.4, -0.2) is 17.0 Å². The third kappa shape index (κ3) is 4.72. The monoisotopic (exact) mass is 302 g/mol. The first-order valence-corrected chi connectivity index (χ1v) is 7.81. The molecule has 1 aliphatic rings. The number of benzene rings is 1. The van der Waals surface area contributed by atoms with Gasteiger partial charge < -0.3 is 9.84 Å². The molecule has 0 aliphatic heterocycles. The standard InChI is InChI=1S/C18H22O4/c1-2-13-3-8-15(9-4-13)18(21)22-16-10-5-14(6-11-16)7-12-17(19)20/h5-7,10-13,15H,2-4,8-9H2,1H3,(H,19,20). The van der Waals surface area contributed by atoms with Crippen LogP contribution >= 0.6 is 0 Å². The minimum atomic E-state index is -0.988. The molecule has 0 bridgehead atoms.